The number of hydrogen-bond donors (Lipinski definition) is 1. The molecule has 0 aromatic heterocycles. The molecular weight excluding hydrogens is 220 g/mol. The third-order valence-electron chi connectivity index (χ3n) is 1.61. The Labute approximate surface area is 87.3 Å². The summed E-state index contributed by atoms with van der Waals surface area (Å²) in [6, 6.07) is 6.19. The van der Waals surface area contributed by atoms with Gasteiger partial charge >= 0.3 is 6.03 Å². The molecule has 15 heavy (non-hydrogen) atoms. The number of carbonyl (C=O) groups is 1. The summed E-state index contributed by atoms with van der Waals surface area (Å²) in [4.78, 5) is 15.1. The van der Waals surface area contributed by atoms with Crippen LogP contribution in [0, 0.1) is 0 Å². The first kappa shape index (κ1) is 11.5. The quantitative estimate of drug-likeness (QED) is 0.757. The summed E-state index contributed by atoms with van der Waals surface area (Å²) in [5.41, 5.74) is 4.85. The third-order valence-corrected chi connectivity index (χ3v) is 3.24. The Hall–Kier alpha value is -1.60. The van der Waals surface area contributed by atoms with Crippen LogP contribution in [0.5, 0.6) is 0 Å². The fourth-order valence-electron chi connectivity index (χ4n) is 0.995. The van der Waals surface area contributed by atoms with E-state index in [1.807, 2.05) is 0 Å². The van der Waals surface area contributed by atoms with Gasteiger partial charge in [-0.05, 0) is 12.1 Å². The topological polar surface area (TPSA) is 89.7 Å². The highest BCUT2D eigenvalue weighted by Gasteiger charge is 2.27. The summed E-state index contributed by atoms with van der Waals surface area (Å²) in [6.45, 7) is 0. The summed E-state index contributed by atoms with van der Waals surface area (Å²) in [6.07, 6.45) is 0. The van der Waals surface area contributed by atoms with E-state index < -0.39 is 16.1 Å². The van der Waals surface area contributed by atoms with Gasteiger partial charge in [0, 0.05) is 0 Å². The largest absolute Gasteiger partial charge is 0.353 e. The van der Waals surface area contributed by atoms with Crippen LogP contribution in [0.15, 0.2) is 35.2 Å². The molecule has 0 radical (unpaired) electrons. The number of sulfonamides is 1. The molecule has 7 heteroatoms. The van der Waals surface area contributed by atoms with E-state index in [1.54, 1.807) is 6.07 Å². The van der Waals surface area contributed by atoms with Crippen molar-refractivity contribution < 1.29 is 18.0 Å². The average molecular weight is 230 g/mol. The van der Waals surface area contributed by atoms with Crippen molar-refractivity contribution >= 4 is 16.1 Å². The molecule has 0 aliphatic carbocycles. The van der Waals surface area contributed by atoms with Crippen molar-refractivity contribution in [1.29, 1.82) is 0 Å². The van der Waals surface area contributed by atoms with Gasteiger partial charge in [0.15, 0.2) is 0 Å². The first-order chi connectivity index (χ1) is 7.00. The molecule has 0 unspecified atom stereocenters. The molecule has 0 atom stereocenters. The van der Waals surface area contributed by atoms with E-state index in [2.05, 4.69) is 4.84 Å². The van der Waals surface area contributed by atoms with E-state index in [0.717, 1.165) is 7.11 Å². The Morgan fingerprint density at radius 2 is 1.87 bits per heavy atom. The second kappa shape index (κ2) is 4.28. The Bertz CT molecular complexity index is 443. The lowest BCUT2D eigenvalue weighted by atomic mass is 10.4. The average Bonchev–Trinajstić information content (AvgIpc) is 2.19. The number of benzene rings is 1. The minimum absolute atomic E-state index is 0.0642. The Morgan fingerprint density at radius 3 is 2.27 bits per heavy atom. The smallest absolute Gasteiger partial charge is 0.349 e. The summed E-state index contributed by atoms with van der Waals surface area (Å²) >= 11 is 0. The number of nitrogens with zero attached hydrogens (tertiary/aromatic N) is 1. The second-order valence-corrected chi connectivity index (χ2v) is 4.32. The highest BCUT2D eigenvalue weighted by Crippen LogP contribution is 2.14. The van der Waals surface area contributed by atoms with Crippen LogP contribution in [-0.2, 0) is 14.9 Å². The second-order valence-electron chi connectivity index (χ2n) is 2.57. The van der Waals surface area contributed by atoms with Gasteiger partial charge in [-0.2, -0.15) is 8.42 Å². The molecule has 0 saturated heterocycles. The maximum Gasteiger partial charge on any atom is 0.353 e. The number of urea groups is 1. The maximum absolute atomic E-state index is 11.7. The van der Waals surface area contributed by atoms with Crippen molar-refractivity contribution in [2.24, 2.45) is 5.73 Å². The van der Waals surface area contributed by atoms with Gasteiger partial charge in [-0.15, -0.1) is 0 Å². The van der Waals surface area contributed by atoms with Gasteiger partial charge in [0.2, 0.25) is 0 Å². The van der Waals surface area contributed by atoms with Crippen LogP contribution < -0.4 is 5.73 Å². The zero-order valence-corrected chi connectivity index (χ0v) is 8.77. The number of carbonyl (C=O) groups excluding carboxylic acids is 1. The fraction of sp³-hybridized carbons (Fsp3) is 0.125. The molecule has 0 aliphatic rings. The first-order valence-corrected chi connectivity index (χ1v) is 5.38. The van der Waals surface area contributed by atoms with Crippen molar-refractivity contribution in [1.82, 2.24) is 4.47 Å². The van der Waals surface area contributed by atoms with Crippen molar-refractivity contribution in [2.75, 3.05) is 7.11 Å². The molecule has 0 heterocycles. The number of amides is 2. The van der Waals surface area contributed by atoms with Crippen LogP contribution in [0.3, 0.4) is 0 Å². The molecule has 1 rings (SSSR count). The molecule has 1 aromatic carbocycles. The third kappa shape index (κ3) is 2.25. The van der Waals surface area contributed by atoms with Crippen LogP contribution in [0.4, 0.5) is 4.79 Å². The number of nitrogens with two attached hydrogens (primary N) is 1. The number of primary amides is 1. The zero-order valence-electron chi connectivity index (χ0n) is 7.95. The van der Waals surface area contributed by atoms with Crippen LogP contribution in [0.1, 0.15) is 0 Å². The Balaban J connectivity index is 3.19. The van der Waals surface area contributed by atoms with E-state index in [4.69, 9.17) is 5.73 Å². The van der Waals surface area contributed by atoms with Crippen LogP contribution >= 0.6 is 0 Å². The van der Waals surface area contributed by atoms with Gasteiger partial charge in [-0.1, -0.05) is 22.7 Å². The SMILES string of the molecule is CON(C(N)=O)S(=O)(=O)c1ccccc1. The summed E-state index contributed by atoms with van der Waals surface area (Å²) in [5, 5.41) is 0. The Kier molecular flexibility index (Phi) is 3.28. The van der Waals surface area contributed by atoms with Crippen LogP contribution in [0.2, 0.25) is 0 Å². The molecule has 0 aliphatic heterocycles. The molecule has 0 saturated carbocycles. The minimum Gasteiger partial charge on any atom is -0.349 e. The molecule has 6 nitrogen and oxygen atoms in total. The molecule has 1 aromatic rings. The number of rotatable bonds is 3. The van der Waals surface area contributed by atoms with E-state index in [-0.39, 0.29) is 9.36 Å². The lowest BCUT2D eigenvalue weighted by Crippen LogP contribution is -2.39. The molecule has 82 valence electrons. The van der Waals surface area contributed by atoms with E-state index >= 15 is 0 Å². The molecule has 0 spiro atoms. The van der Waals surface area contributed by atoms with Crippen molar-refractivity contribution in [3.8, 4) is 0 Å². The van der Waals surface area contributed by atoms with Gasteiger partial charge in [0.25, 0.3) is 10.0 Å². The lowest BCUT2D eigenvalue weighted by molar-refractivity contribution is -0.00726. The van der Waals surface area contributed by atoms with Gasteiger partial charge in [-0.25, -0.2) is 4.79 Å². The normalized spacial score (nSPS) is 11.0. The lowest BCUT2D eigenvalue weighted by Gasteiger charge is -2.16. The van der Waals surface area contributed by atoms with Crippen LogP contribution in [0.25, 0.3) is 0 Å². The maximum atomic E-state index is 11.7. The van der Waals surface area contributed by atoms with E-state index in [0.29, 0.717) is 0 Å². The van der Waals surface area contributed by atoms with Gasteiger partial charge in [0.05, 0.1) is 12.0 Å². The predicted octanol–water partition coefficient (Wildman–Crippen LogP) is 0.317. The van der Waals surface area contributed by atoms with Gasteiger partial charge < -0.3 is 5.73 Å². The zero-order chi connectivity index (χ0) is 11.5. The fourth-order valence-corrected chi connectivity index (χ4v) is 2.12. The predicted molar refractivity (Wildman–Crippen MR) is 52.1 cm³/mol. The van der Waals surface area contributed by atoms with Crippen molar-refractivity contribution in [2.45, 2.75) is 4.90 Å². The summed E-state index contributed by atoms with van der Waals surface area (Å²) in [5.74, 6) is 0. The summed E-state index contributed by atoms with van der Waals surface area (Å²) < 4.78 is 23.5. The first-order valence-electron chi connectivity index (χ1n) is 3.94. The molecule has 0 bridgehead atoms. The minimum atomic E-state index is -4.01. The van der Waals surface area contributed by atoms with E-state index in [1.165, 1.54) is 24.3 Å². The standard InChI is InChI=1S/C8H10N2O4S/c1-14-10(8(9)11)15(12,13)7-5-3-2-4-6-7/h2-6H,1H3,(H2,9,11). The van der Waals surface area contributed by atoms with E-state index in [9.17, 15) is 13.2 Å². The molecule has 0 fully saturated rings. The van der Waals surface area contributed by atoms with Gasteiger partial charge in [-0.3, -0.25) is 4.84 Å². The number of hydrogen-bond acceptors (Lipinski definition) is 4. The van der Waals surface area contributed by atoms with Crippen molar-refractivity contribution in [3.05, 3.63) is 30.3 Å². The van der Waals surface area contributed by atoms with Gasteiger partial charge in [0.1, 0.15) is 0 Å². The number of hydroxylamine groups is 1. The monoisotopic (exact) mass is 230 g/mol. The highest BCUT2D eigenvalue weighted by atomic mass is 32.2. The molecular formula is C8H10N2O4S. The molecule has 2 N–H and O–H groups in total. The summed E-state index contributed by atoms with van der Waals surface area (Å²) in [7, 11) is -2.97. The Morgan fingerprint density at radius 1 is 1.33 bits per heavy atom. The van der Waals surface area contributed by atoms with Crippen LogP contribution in [-0.4, -0.2) is 26.0 Å². The highest BCUT2D eigenvalue weighted by molar-refractivity contribution is 7.89. The van der Waals surface area contributed by atoms with Crippen molar-refractivity contribution in [3.63, 3.8) is 0 Å². The molecule has 2 amide bonds.